The lowest BCUT2D eigenvalue weighted by molar-refractivity contribution is 0.349. The van der Waals surface area contributed by atoms with Crippen LogP contribution in [0, 0.1) is 17.8 Å². The van der Waals surface area contributed by atoms with Gasteiger partial charge in [0.05, 0.1) is 0 Å². The van der Waals surface area contributed by atoms with Crippen LogP contribution in [0.25, 0.3) is 0 Å². The summed E-state index contributed by atoms with van der Waals surface area (Å²) >= 11 is 0. The molecule has 3 atom stereocenters. The standard InChI is InChI=1S/C9H18.H3N/c1-4-9-6-5-7(2)8(9)3;/h7-9H,4-6H2,1-3H3;1H3/t7?,8-,9?;/m1./s1. The summed E-state index contributed by atoms with van der Waals surface area (Å²) in [6.45, 7) is 7.12. The molecule has 0 aromatic rings. The molecule has 0 radical (unpaired) electrons. The van der Waals surface area contributed by atoms with Crippen LogP contribution in [0.15, 0.2) is 0 Å². The molecule has 0 spiro atoms. The predicted octanol–water partition coefficient (Wildman–Crippen LogP) is 3.24. The first-order valence-corrected chi connectivity index (χ1v) is 4.25. The minimum absolute atomic E-state index is 0. The lowest BCUT2D eigenvalue weighted by Crippen LogP contribution is -2.07. The Labute approximate surface area is 64.8 Å². The van der Waals surface area contributed by atoms with Crippen molar-refractivity contribution in [1.29, 1.82) is 0 Å². The van der Waals surface area contributed by atoms with Crippen molar-refractivity contribution in [3.63, 3.8) is 0 Å². The van der Waals surface area contributed by atoms with Crippen LogP contribution in [0.3, 0.4) is 0 Å². The van der Waals surface area contributed by atoms with E-state index >= 15 is 0 Å². The zero-order chi connectivity index (χ0) is 6.85. The van der Waals surface area contributed by atoms with E-state index in [2.05, 4.69) is 20.8 Å². The van der Waals surface area contributed by atoms with Crippen LogP contribution in [0.4, 0.5) is 0 Å². The molecule has 0 aromatic heterocycles. The van der Waals surface area contributed by atoms with Gasteiger partial charge in [-0.15, -0.1) is 0 Å². The van der Waals surface area contributed by atoms with Crippen molar-refractivity contribution in [3.05, 3.63) is 0 Å². The molecule has 0 saturated heterocycles. The fourth-order valence-corrected chi connectivity index (χ4v) is 2.04. The van der Waals surface area contributed by atoms with Gasteiger partial charge in [-0.3, -0.25) is 0 Å². The van der Waals surface area contributed by atoms with Crippen LogP contribution in [-0.4, -0.2) is 0 Å². The summed E-state index contributed by atoms with van der Waals surface area (Å²) in [4.78, 5) is 0. The second-order valence-corrected chi connectivity index (χ2v) is 3.58. The third-order valence-electron chi connectivity index (χ3n) is 3.16. The van der Waals surface area contributed by atoms with E-state index in [0.29, 0.717) is 0 Å². The Bertz CT molecular complexity index is 90.7. The van der Waals surface area contributed by atoms with Crippen molar-refractivity contribution in [2.75, 3.05) is 0 Å². The molecule has 1 saturated carbocycles. The Morgan fingerprint density at radius 2 is 1.80 bits per heavy atom. The molecule has 1 nitrogen and oxygen atoms in total. The van der Waals surface area contributed by atoms with E-state index < -0.39 is 0 Å². The monoisotopic (exact) mass is 143 g/mol. The Kier molecular flexibility index (Phi) is 3.95. The van der Waals surface area contributed by atoms with Gasteiger partial charge in [-0.2, -0.15) is 0 Å². The lowest BCUT2D eigenvalue weighted by atomic mass is 9.91. The smallest absolute Gasteiger partial charge is 0.0388 e. The van der Waals surface area contributed by atoms with E-state index in [-0.39, 0.29) is 6.15 Å². The normalized spacial score (nSPS) is 39.3. The zero-order valence-corrected chi connectivity index (χ0v) is 7.56. The highest BCUT2D eigenvalue weighted by atomic mass is 14.3. The van der Waals surface area contributed by atoms with Gasteiger partial charge < -0.3 is 6.15 Å². The maximum atomic E-state index is 2.41. The van der Waals surface area contributed by atoms with Gasteiger partial charge >= 0.3 is 0 Å². The molecule has 1 heteroatoms. The van der Waals surface area contributed by atoms with Crippen LogP contribution in [0.2, 0.25) is 0 Å². The topological polar surface area (TPSA) is 35.0 Å². The Morgan fingerprint density at radius 3 is 2.00 bits per heavy atom. The van der Waals surface area contributed by atoms with Gasteiger partial charge in [-0.05, 0) is 24.2 Å². The molecule has 3 N–H and O–H groups in total. The maximum Gasteiger partial charge on any atom is -0.0388 e. The molecule has 1 fully saturated rings. The number of hydrogen-bond donors (Lipinski definition) is 1. The lowest BCUT2D eigenvalue weighted by Gasteiger charge is -2.15. The molecule has 0 aliphatic heterocycles. The third-order valence-corrected chi connectivity index (χ3v) is 3.16. The molecule has 0 bridgehead atoms. The van der Waals surface area contributed by atoms with E-state index in [1.807, 2.05) is 0 Å². The zero-order valence-electron chi connectivity index (χ0n) is 7.56. The van der Waals surface area contributed by atoms with Gasteiger partial charge in [0.1, 0.15) is 0 Å². The highest BCUT2D eigenvalue weighted by Gasteiger charge is 2.27. The van der Waals surface area contributed by atoms with Crippen molar-refractivity contribution < 1.29 is 0 Å². The van der Waals surface area contributed by atoms with Gasteiger partial charge in [0.25, 0.3) is 0 Å². The average molecular weight is 143 g/mol. The largest absolute Gasteiger partial charge is 0.344 e. The molecule has 1 aliphatic carbocycles. The SMILES string of the molecule is CCC1CCC(C)[C@H]1C.N. The second kappa shape index (κ2) is 3.97. The fraction of sp³-hybridized carbons (Fsp3) is 1.00. The van der Waals surface area contributed by atoms with E-state index in [9.17, 15) is 0 Å². The van der Waals surface area contributed by atoms with Crippen molar-refractivity contribution in [1.82, 2.24) is 6.15 Å². The first-order valence-electron chi connectivity index (χ1n) is 4.25. The summed E-state index contributed by atoms with van der Waals surface area (Å²) in [5.74, 6) is 3.03. The number of hydrogen-bond acceptors (Lipinski definition) is 1. The Morgan fingerprint density at radius 1 is 1.20 bits per heavy atom. The Balaban J connectivity index is 0.000000810. The summed E-state index contributed by atoms with van der Waals surface area (Å²) < 4.78 is 0. The second-order valence-electron chi connectivity index (χ2n) is 3.58. The quantitative estimate of drug-likeness (QED) is 0.601. The van der Waals surface area contributed by atoms with E-state index in [4.69, 9.17) is 0 Å². The average Bonchev–Trinajstić information content (AvgIpc) is 2.15. The first-order chi connectivity index (χ1) is 4.25. The number of rotatable bonds is 1. The van der Waals surface area contributed by atoms with E-state index in [0.717, 1.165) is 17.8 Å². The summed E-state index contributed by atoms with van der Waals surface area (Å²) in [5.41, 5.74) is 0. The summed E-state index contributed by atoms with van der Waals surface area (Å²) in [6, 6.07) is 0. The molecule has 10 heavy (non-hydrogen) atoms. The summed E-state index contributed by atoms with van der Waals surface area (Å²) in [6.07, 6.45) is 4.35. The molecule has 1 rings (SSSR count). The molecule has 0 amide bonds. The fourth-order valence-electron chi connectivity index (χ4n) is 2.04. The minimum atomic E-state index is 0. The van der Waals surface area contributed by atoms with Crippen LogP contribution in [-0.2, 0) is 0 Å². The van der Waals surface area contributed by atoms with Crippen LogP contribution < -0.4 is 6.15 Å². The molecular weight excluding hydrogens is 122 g/mol. The molecular formula is C9H21N. The van der Waals surface area contributed by atoms with Crippen molar-refractivity contribution in [3.8, 4) is 0 Å². The predicted molar refractivity (Wildman–Crippen MR) is 46.4 cm³/mol. The third kappa shape index (κ3) is 1.72. The maximum absolute atomic E-state index is 2.41. The van der Waals surface area contributed by atoms with E-state index in [1.165, 1.54) is 19.3 Å². The summed E-state index contributed by atoms with van der Waals surface area (Å²) in [7, 11) is 0. The molecule has 2 unspecified atom stereocenters. The van der Waals surface area contributed by atoms with Gasteiger partial charge in [0, 0.05) is 0 Å². The first kappa shape index (κ1) is 9.96. The summed E-state index contributed by atoms with van der Waals surface area (Å²) in [5, 5.41) is 0. The minimum Gasteiger partial charge on any atom is -0.344 e. The molecule has 62 valence electrons. The van der Waals surface area contributed by atoms with Gasteiger partial charge in [0.15, 0.2) is 0 Å². The molecule has 0 heterocycles. The van der Waals surface area contributed by atoms with Crippen molar-refractivity contribution in [2.24, 2.45) is 17.8 Å². The van der Waals surface area contributed by atoms with Gasteiger partial charge in [0.2, 0.25) is 0 Å². The Hall–Kier alpha value is -0.0400. The van der Waals surface area contributed by atoms with Gasteiger partial charge in [-0.25, -0.2) is 0 Å². The van der Waals surface area contributed by atoms with Crippen LogP contribution in [0.5, 0.6) is 0 Å². The highest BCUT2D eigenvalue weighted by molar-refractivity contribution is 4.78. The van der Waals surface area contributed by atoms with Crippen molar-refractivity contribution in [2.45, 2.75) is 40.0 Å². The van der Waals surface area contributed by atoms with Crippen LogP contribution in [0.1, 0.15) is 40.0 Å². The van der Waals surface area contributed by atoms with Crippen molar-refractivity contribution >= 4 is 0 Å². The highest BCUT2D eigenvalue weighted by Crippen LogP contribution is 2.37. The molecule has 0 aromatic carbocycles. The molecule has 1 aliphatic rings. The van der Waals surface area contributed by atoms with Crippen LogP contribution >= 0.6 is 0 Å². The van der Waals surface area contributed by atoms with Gasteiger partial charge in [-0.1, -0.05) is 33.6 Å². The van der Waals surface area contributed by atoms with E-state index in [1.54, 1.807) is 0 Å².